The fourth-order valence-electron chi connectivity index (χ4n) is 3.13. The van der Waals surface area contributed by atoms with Crippen molar-refractivity contribution < 1.29 is 4.79 Å². The van der Waals surface area contributed by atoms with Crippen LogP contribution in [0.15, 0.2) is 40.9 Å². The van der Waals surface area contributed by atoms with Gasteiger partial charge in [0.15, 0.2) is 0 Å². The zero-order valence-electron chi connectivity index (χ0n) is 13.1. The molecule has 0 saturated heterocycles. The van der Waals surface area contributed by atoms with Gasteiger partial charge in [-0.05, 0) is 48.0 Å². The molecule has 1 atom stereocenters. The molecule has 3 nitrogen and oxygen atoms in total. The summed E-state index contributed by atoms with van der Waals surface area (Å²) in [6.45, 7) is 3.32. The van der Waals surface area contributed by atoms with Gasteiger partial charge >= 0.3 is 0 Å². The lowest BCUT2D eigenvalue weighted by molar-refractivity contribution is -0.114. The lowest BCUT2D eigenvalue weighted by Crippen LogP contribution is -2.31. The maximum Gasteiger partial charge on any atom is 0.221 e. The van der Waals surface area contributed by atoms with E-state index < -0.39 is 0 Å². The predicted molar refractivity (Wildman–Crippen MR) is 98.1 cm³/mol. The van der Waals surface area contributed by atoms with E-state index in [0.29, 0.717) is 0 Å². The first kappa shape index (κ1) is 16.5. The second-order valence-corrected chi connectivity index (χ2v) is 7.33. The SMILES string of the molecule is CC(=O)Nc1ccc(C2CN(C)Cc3c(Cl)cc(Br)cc32)cc1. The molecule has 120 valence electrons. The van der Waals surface area contributed by atoms with Crippen molar-refractivity contribution in [2.45, 2.75) is 19.4 Å². The van der Waals surface area contributed by atoms with Gasteiger partial charge in [-0.1, -0.05) is 39.7 Å². The number of amides is 1. The van der Waals surface area contributed by atoms with E-state index in [4.69, 9.17) is 11.6 Å². The summed E-state index contributed by atoms with van der Waals surface area (Å²) in [5.41, 5.74) is 4.51. The molecule has 1 heterocycles. The minimum atomic E-state index is -0.0591. The summed E-state index contributed by atoms with van der Waals surface area (Å²) in [5.74, 6) is 0.210. The minimum absolute atomic E-state index is 0.0591. The summed E-state index contributed by atoms with van der Waals surface area (Å²) in [6.07, 6.45) is 0. The molecule has 0 aromatic heterocycles. The van der Waals surface area contributed by atoms with E-state index in [2.05, 4.69) is 51.4 Å². The number of hydrogen-bond acceptors (Lipinski definition) is 2. The average Bonchev–Trinajstić information content (AvgIpc) is 2.48. The van der Waals surface area contributed by atoms with Crippen molar-refractivity contribution in [1.82, 2.24) is 4.90 Å². The number of carbonyl (C=O) groups is 1. The number of halogens is 2. The van der Waals surface area contributed by atoms with E-state index in [0.717, 1.165) is 28.3 Å². The highest BCUT2D eigenvalue weighted by Crippen LogP contribution is 2.38. The predicted octanol–water partition coefficient (Wildman–Crippen LogP) is 4.64. The van der Waals surface area contributed by atoms with E-state index in [-0.39, 0.29) is 11.8 Å². The van der Waals surface area contributed by atoms with Crippen molar-refractivity contribution in [1.29, 1.82) is 0 Å². The fourth-order valence-corrected chi connectivity index (χ4v) is 4.03. The van der Waals surface area contributed by atoms with Gasteiger partial charge in [-0.15, -0.1) is 0 Å². The number of fused-ring (bicyclic) bond motifs is 1. The monoisotopic (exact) mass is 392 g/mol. The number of benzene rings is 2. The fraction of sp³-hybridized carbons (Fsp3) is 0.278. The smallest absolute Gasteiger partial charge is 0.221 e. The Balaban J connectivity index is 1.99. The Bertz CT molecular complexity index is 745. The Morgan fingerprint density at radius 1 is 1.30 bits per heavy atom. The normalized spacial score (nSPS) is 17.7. The molecular formula is C18H18BrClN2O. The van der Waals surface area contributed by atoms with Crippen molar-refractivity contribution in [2.75, 3.05) is 18.9 Å². The molecule has 1 aliphatic rings. The third-order valence-electron chi connectivity index (χ3n) is 4.13. The molecule has 23 heavy (non-hydrogen) atoms. The molecule has 0 fully saturated rings. The summed E-state index contributed by atoms with van der Waals surface area (Å²) in [5, 5.41) is 3.61. The van der Waals surface area contributed by atoms with Crippen LogP contribution in [0.3, 0.4) is 0 Å². The first-order valence-corrected chi connectivity index (χ1v) is 8.65. The van der Waals surface area contributed by atoms with Crippen LogP contribution < -0.4 is 5.32 Å². The molecule has 0 radical (unpaired) electrons. The standard InChI is InChI=1S/C18H18BrClN2O/c1-11(23)21-14-5-3-12(4-6-14)16-9-22(2)10-17-15(16)7-13(19)8-18(17)20/h3-8,16H,9-10H2,1-2H3,(H,21,23). The molecule has 2 aromatic carbocycles. The van der Waals surface area contributed by atoms with Gasteiger partial charge in [0, 0.05) is 41.1 Å². The topological polar surface area (TPSA) is 32.3 Å². The quantitative estimate of drug-likeness (QED) is 0.806. The summed E-state index contributed by atoms with van der Waals surface area (Å²) in [6, 6.07) is 12.2. The number of nitrogens with one attached hydrogen (secondary N) is 1. The Hall–Kier alpha value is -1.36. The van der Waals surface area contributed by atoms with Crippen LogP contribution >= 0.6 is 27.5 Å². The highest BCUT2D eigenvalue weighted by molar-refractivity contribution is 9.10. The van der Waals surface area contributed by atoms with Gasteiger partial charge in [0.2, 0.25) is 5.91 Å². The number of anilines is 1. The van der Waals surface area contributed by atoms with Gasteiger partial charge in [-0.25, -0.2) is 0 Å². The van der Waals surface area contributed by atoms with Crippen molar-refractivity contribution >= 4 is 39.1 Å². The second kappa shape index (κ2) is 6.63. The highest BCUT2D eigenvalue weighted by Gasteiger charge is 2.26. The maximum absolute atomic E-state index is 11.1. The second-order valence-electron chi connectivity index (χ2n) is 6.01. The molecule has 1 unspecified atom stereocenters. The summed E-state index contributed by atoms with van der Waals surface area (Å²) < 4.78 is 1.01. The Morgan fingerprint density at radius 2 is 2.00 bits per heavy atom. The van der Waals surface area contributed by atoms with E-state index in [1.807, 2.05) is 18.2 Å². The average molecular weight is 394 g/mol. The molecule has 3 rings (SSSR count). The summed E-state index contributed by atoms with van der Waals surface area (Å²) in [7, 11) is 2.11. The van der Waals surface area contributed by atoms with E-state index >= 15 is 0 Å². The zero-order valence-corrected chi connectivity index (χ0v) is 15.4. The number of rotatable bonds is 2. The van der Waals surface area contributed by atoms with Gasteiger partial charge in [-0.3, -0.25) is 4.79 Å². The largest absolute Gasteiger partial charge is 0.326 e. The summed E-state index contributed by atoms with van der Waals surface area (Å²) >= 11 is 9.99. The Morgan fingerprint density at radius 3 is 2.65 bits per heavy atom. The van der Waals surface area contributed by atoms with Gasteiger partial charge in [0.25, 0.3) is 0 Å². The molecule has 0 bridgehead atoms. The maximum atomic E-state index is 11.1. The number of likely N-dealkylation sites (N-methyl/N-ethyl adjacent to an activating group) is 1. The van der Waals surface area contributed by atoms with Crippen LogP contribution in [-0.2, 0) is 11.3 Å². The molecule has 0 spiro atoms. The highest BCUT2D eigenvalue weighted by atomic mass is 79.9. The molecule has 1 N–H and O–H groups in total. The molecule has 0 aliphatic carbocycles. The van der Waals surface area contributed by atoms with E-state index in [1.165, 1.54) is 23.6 Å². The van der Waals surface area contributed by atoms with Gasteiger partial charge < -0.3 is 10.2 Å². The summed E-state index contributed by atoms with van der Waals surface area (Å²) in [4.78, 5) is 13.4. The third-order valence-corrected chi connectivity index (χ3v) is 4.92. The van der Waals surface area contributed by atoms with Gasteiger partial charge in [-0.2, -0.15) is 0 Å². The molecule has 5 heteroatoms. The first-order valence-electron chi connectivity index (χ1n) is 7.48. The van der Waals surface area contributed by atoms with Crippen LogP contribution in [0.1, 0.15) is 29.5 Å². The molecule has 2 aromatic rings. The van der Waals surface area contributed by atoms with Crippen molar-refractivity contribution in [3.8, 4) is 0 Å². The zero-order chi connectivity index (χ0) is 16.6. The minimum Gasteiger partial charge on any atom is -0.326 e. The molecular weight excluding hydrogens is 376 g/mol. The van der Waals surface area contributed by atoms with Crippen LogP contribution in [-0.4, -0.2) is 24.4 Å². The van der Waals surface area contributed by atoms with Crippen LogP contribution in [0.5, 0.6) is 0 Å². The van der Waals surface area contributed by atoms with Crippen molar-refractivity contribution in [3.63, 3.8) is 0 Å². The van der Waals surface area contributed by atoms with Crippen LogP contribution in [0, 0.1) is 0 Å². The number of carbonyl (C=O) groups excluding carboxylic acids is 1. The lowest BCUT2D eigenvalue weighted by Gasteiger charge is -2.33. The van der Waals surface area contributed by atoms with Crippen LogP contribution in [0.4, 0.5) is 5.69 Å². The van der Waals surface area contributed by atoms with Crippen molar-refractivity contribution in [3.05, 3.63) is 62.6 Å². The molecule has 1 aliphatic heterocycles. The van der Waals surface area contributed by atoms with Crippen molar-refractivity contribution in [2.24, 2.45) is 0 Å². The molecule has 0 saturated carbocycles. The van der Waals surface area contributed by atoms with Gasteiger partial charge in [0.05, 0.1) is 0 Å². The Kier molecular flexibility index (Phi) is 4.76. The number of nitrogens with zero attached hydrogens (tertiary/aromatic N) is 1. The Labute approximate surface area is 149 Å². The van der Waals surface area contributed by atoms with Gasteiger partial charge in [0.1, 0.15) is 0 Å². The van der Waals surface area contributed by atoms with E-state index in [1.54, 1.807) is 0 Å². The molecule has 1 amide bonds. The number of hydrogen-bond donors (Lipinski definition) is 1. The van der Waals surface area contributed by atoms with E-state index in [9.17, 15) is 4.79 Å². The lowest BCUT2D eigenvalue weighted by atomic mass is 9.85. The van der Waals surface area contributed by atoms with Crippen LogP contribution in [0.25, 0.3) is 0 Å². The first-order chi connectivity index (χ1) is 10.9. The third kappa shape index (κ3) is 3.60. The van der Waals surface area contributed by atoms with Crippen LogP contribution in [0.2, 0.25) is 5.02 Å².